The molecule has 0 saturated heterocycles. The molecule has 0 saturated carbocycles. The van der Waals surface area contributed by atoms with Gasteiger partial charge in [0.05, 0.1) is 14.9 Å². The molecule has 0 aliphatic carbocycles. The largest absolute Gasteiger partial charge is 0.381 e. The third kappa shape index (κ3) is 4.02. The minimum atomic E-state index is -3.74. The molecule has 2 aromatic carbocycles. The maximum absolute atomic E-state index is 11.3. The first kappa shape index (κ1) is 16.4. The molecule has 0 bridgehead atoms. The Labute approximate surface area is 137 Å². The summed E-state index contributed by atoms with van der Waals surface area (Å²) in [4.78, 5) is 0.0239. The molecule has 21 heavy (non-hydrogen) atoms. The number of nitrogens with two attached hydrogens (primary N) is 1. The Morgan fingerprint density at radius 3 is 2.38 bits per heavy atom. The van der Waals surface area contributed by atoms with E-state index < -0.39 is 10.0 Å². The zero-order chi connectivity index (χ0) is 15.6. The van der Waals surface area contributed by atoms with Gasteiger partial charge in [0.2, 0.25) is 10.0 Å². The van der Waals surface area contributed by atoms with Gasteiger partial charge in [-0.25, -0.2) is 13.6 Å². The van der Waals surface area contributed by atoms with E-state index in [-0.39, 0.29) is 4.90 Å². The molecule has 112 valence electrons. The van der Waals surface area contributed by atoms with Crippen molar-refractivity contribution in [1.29, 1.82) is 0 Å². The van der Waals surface area contributed by atoms with Crippen molar-refractivity contribution in [3.63, 3.8) is 0 Å². The lowest BCUT2D eigenvalue weighted by Crippen LogP contribution is -2.12. The topological polar surface area (TPSA) is 72.2 Å². The van der Waals surface area contributed by atoms with Crippen molar-refractivity contribution in [1.82, 2.24) is 0 Å². The zero-order valence-electron chi connectivity index (χ0n) is 10.6. The summed E-state index contributed by atoms with van der Waals surface area (Å²) in [6, 6.07) is 9.40. The molecule has 0 atom stereocenters. The molecule has 0 spiro atoms. The molecule has 8 heteroatoms. The van der Waals surface area contributed by atoms with E-state index in [1.54, 1.807) is 24.3 Å². The highest BCUT2D eigenvalue weighted by Crippen LogP contribution is 2.32. The molecule has 0 radical (unpaired) electrons. The molecule has 0 unspecified atom stereocenters. The van der Waals surface area contributed by atoms with E-state index in [0.717, 1.165) is 0 Å². The Balaban J connectivity index is 2.24. The van der Waals surface area contributed by atoms with Crippen molar-refractivity contribution in [2.75, 3.05) is 5.32 Å². The zero-order valence-corrected chi connectivity index (χ0v) is 13.7. The number of nitrogens with one attached hydrogen (secondary N) is 1. The van der Waals surface area contributed by atoms with E-state index in [2.05, 4.69) is 5.32 Å². The van der Waals surface area contributed by atoms with Gasteiger partial charge >= 0.3 is 0 Å². The number of halogens is 3. The van der Waals surface area contributed by atoms with Crippen molar-refractivity contribution in [2.24, 2.45) is 5.14 Å². The second kappa shape index (κ2) is 6.42. The third-order valence-corrected chi connectivity index (χ3v) is 4.88. The van der Waals surface area contributed by atoms with Crippen LogP contribution in [0.4, 0.5) is 5.69 Å². The number of sulfonamides is 1. The molecule has 0 amide bonds. The molecule has 3 N–H and O–H groups in total. The average Bonchev–Trinajstić information content (AvgIpc) is 2.42. The molecular formula is C13H11Cl3N2O2S. The van der Waals surface area contributed by atoms with Gasteiger partial charge in [-0.15, -0.1) is 0 Å². The lowest BCUT2D eigenvalue weighted by Gasteiger charge is -2.11. The number of primary sulfonamides is 1. The normalized spacial score (nSPS) is 11.4. The summed E-state index contributed by atoms with van der Waals surface area (Å²) in [5.41, 5.74) is 1.21. The van der Waals surface area contributed by atoms with Gasteiger partial charge in [-0.05, 0) is 30.3 Å². The summed E-state index contributed by atoms with van der Waals surface area (Å²) in [7, 11) is -3.74. The summed E-state index contributed by atoms with van der Waals surface area (Å²) in [5.74, 6) is 0. The van der Waals surface area contributed by atoms with Crippen LogP contribution in [0.3, 0.4) is 0 Å². The minimum absolute atomic E-state index is 0.0239. The Kier molecular flexibility index (Phi) is 5.01. The van der Waals surface area contributed by atoms with Gasteiger partial charge in [-0.1, -0.05) is 40.9 Å². The maximum atomic E-state index is 11.3. The summed E-state index contributed by atoms with van der Waals surface area (Å²) < 4.78 is 22.6. The first-order chi connectivity index (χ1) is 9.79. The van der Waals surface area contributed by atoms with Crippen molar-refractivity contribution in [3.05, 3.63) is 57.0 Å². The van der Waals surface area contributed by atoms with Gasteiger partial charge in [-0.2, -0.15) is 0 Å². The monoisotopic (exact) mass is 364 g/mol. The highest BCUT2D eigenvalue weighted by atomic mass is 35.5. The standard InChI is InChI=1S/C13H11Cl3N2O2S/c14-11-4-5-12(15)13(16)10(11)7-18-8-2-1-3-9(6-8)21(17,19)20/h1-6,18H,7H2,(H2,17,19,20). The van der Waals surface area contributed by atoms with E-state index in [1.807, 2.05) is 0 Å². The van der Waals surface area contributed by atoms with Gasteiger partial charge in [0.1, 0.15) is 0 Å². The summed E-state index contributed by atoms with van der Waals surface area (Å²) in [5, 5.41) is 9.35. The fourth-order valence-electron chi connectivity index (χ4n) is 1.70. The quantitative estimate of drug-likeness (QED) is 0.807. The van der Waals surface area contributed by atoms with Crippen molar-refractivity contribution < 1.29 is 8.42 Å². The Morgan fingerprint density at radius 2 is 1.71 bits per heavy atom. The molecule has 0 aliphatic rings. The van der Waals surface area contributed by atoms with Crippen LogP contribution >= 0.6 is 34.8 Å². The molecule has 0 fully saturated rings. The summed E-state index contributed by atoms with van der Waals surface area (Å²) in [6.07, 6.45) is 0. The summed E-state index contributed by atoms with van der Waals surface area (Å²) >= 11 is 18.1. The molecule has 2 aromatic rings. The molecular weight excluding hydrogens is 355 g/mol. The number of benzene rings is 2. The van der Waals surface area contributed by atoms with Crippen molar-refractivity contribution in [2.45, 2.75) is 11.4 Å². The van der Waals surface area contributed by atoms with Crippen LogP contribution in [0.1, 0.15) is 5.56 Å². The first-order valence-corrected chi connectivity index (χ1v) is 8.46. The van der Waals surface area contributed by atoms with Crippen LogP contribution in [0.15, 0.2) is 41.3 Å². The van der Waals surface area contributed by atoms with Gasteiger partial charge < -0.3 is 5.32 Å². The lowest BCUT2D eigenvalue weighted by molar-refractivity contribution is 0.598. The van der Waals surface area contributed by atoms with E-state index in [0.29, 0.717) is 32.9 Å². The van der Waals surface area contributed by atoms with Crippen LogP contribution in [0, 0.1) is 0 Å². The number of anilines is 1. The predicted molar refractivity (Wildman–Crippen MR) is 86.6 cm³/mol. The van der Waals surface area contributed by atoms with E-state index in [9.17, 15) is 8.42 Å². The number of hydrogen-bond donors (Lipinski definition) is 2. The number of rotatable bonds is 4. The van der Waals surface area contributed by atoms with Gasteiger partial charge in [0.15, 0.2) is 0 Å². The Morgan fingerprint density at radius 1 is 1.05 bits per heavy atom. The van der Waals surface area contributed by atoms with Gasteiger partial charge in [0.25, 0.3) is 0 Å². The highest BCUT2D eigenvalue weighted by molar-refractivity contribution is 7.89. The Hall–Kier alpha value is -0.980. The first-order valence-electron chi connectivity index (χ1n) is 5.78. The van der Waals surface area contributed by atoms with Crippen LogP contribution < -0.4 is 10.5 Å². The molecule has 4 nitrogen and oxygen atoms in total. The molecule has 0 heterocycles. The SMILES string of the molecule is NS(=O)(=O)c1cccc(NCc2c(Cl)ccc(Cl)c2Cl)c1. The maximum Gasteiger partial charge on any atom is 0.238 e. The fraction of sp³-hybridized carbons (Fsp3) is 0.0769. The van der Waals surface area contributed by atoms with E-state index in [1.165, 1.54) is 12.1 Å². The number of hydrogen-bond acceptors (Lipinski definition) is 3. The molecule has 0 aromatic heterocycles. The average molecular weight is 366 g/mol. The van der Waals surface area contributed by atoms with Crippen LogP contribution in [-0.4, -0.2) is 8.42 Å². The smallest absolute Gasteiger partial charge is 0.238 e. The lowest BCUT2D eigenvalue weighted by atomic mass is 10.2. The van der Waals surface area contributed by atoms with Crippen LogP contribution in [0.25, 0.3) is 0 Å². The van der Waals surface area contributed by atoms with Crippen molar-refractivity contribution in [3.8, 4) is 0 Å². The second-order valence-electron chi connectivity index (χ2n) is 4.25. The van der Waals surface area contributed by atoms with Crippen molar-refractivity contribution >= 4 is 50.5 Å². The fourth-order valence-corrected chi connectivity index (χ4v) is 2.95. The van der Waals surface area contributed by atoms with Crippen LogP contribution in [-0.2, 0) is 16.6 Å². The van der Waals surface area contributed by atoms with Crippen LogP contribution in [0.5, 0.6) is 0 Å². The Bertz CT molecular complexity index is 779. The van der Waals surface area contributed by atoms with Gasteiger partial charge in [0, 0.05) is 22.8 Å². The van der Waals surface area contributed by atoms with Gasteiger partial charge in [-0.3, -0.25) is 0 Å². The molecule has 0 aliphatic heterocycles. The van der Waals surface area contributed by atoms with E-state index in [4.69, 9.17) is 39.9 Å². The minimum Gasteiger partial charge on any atom is -0.381 e. The third-order valence-electron chi connectivity index (χ3n) is 2.77. The molecule has 2 rings (SSSR count). The predicted octanol–water partition coefficient (Wildman–Crippen LogP) is 3.91. The summed E-state index contributed by atoms with van der Waals surface area (Å²) in [6.45, 7) is 0.298. The second-order valence-corrected chi connectivity index (χ2v) is 7.00. The highest BCUT2D eigenvalue weighted by Gasteiger charge is 2.11. The van der Waals surface area contributed by atoms with E-state index >= 15 is 0 Å². The van der Waals surface area contributed by atoms with Crippen LogP contribution in [0.2, 0.25) is 15.1 Å².